The number of hydrogen-bond acceptors (Lipinski definition) is 3. The molecular weight excluding hydrogens is 631 g/mol. The zero-order valence-corrected chi connectivity index (χ0v) is 29.6. The van der Waals surface area contributed by atoms with Gasteiger partial charge in [-0.3, -0.25) is 0 Å². The molecule has 3 heteroatoms. The summed E-state index contributed by atoms with van der Waals surface area (Å²) in [6, 6.07) is 29.7. The van der Waals surface area contributed by atoms with Gasteiger partial charge in [0.05, 0.1) is 0 Å². The van der Waals surface area contributed by atoms with E-state index in [2.05, 4.69) is 165 Å². The first-order valence-corrected chi connectivity index (χ1v) is 19.1. The van der Waals surface area contributed by atoms with Gasteiger partial charge in [0.1, 0.15) is 0 Å². The fourth-order valence-corrected chi connectivity index (χ4v) is 11.3. The Balaban J connectivity index is 1.22. The number of allylic oxidation sites excluding steroid dienone is 3. The molecule has 1 N–H and O–H groups in total. The lowest BCUT2D eigenvalue weighted by Gasteiger charge is -2.23. The van der Waals surface area contributed by atoms with Gasteiger partial charge in [-0.15, -0.1) is 22.7 Å². The third-order valence-corrected chi connectivity index (χ3v) is 13.9. The molecule has 0 amide bonds. The van der Waals surface area contributed by atoms with Crippen LogP contribution in [0.1, 0.15) is 82.2 Å². The standard InChI is InChI=1S/C46H37NS2/c1-27-11-8-15-34-33-21-20-28(25-43(33)49-45(27)34)30-14-9-18-42-44(30)37-23-29-24-39-36(31-12-4-6-16-38(31)46(39,2)3)26-35(29)32-13-5-7-17-40(32)47-22-10-19-41(37)48-42/h4-10,12-24,26-28,47H,11,25H2,1-3H3/b22-10+,37-23+,41-19-. The first-order valence-electron chi connectivity index (χ1n) is 17.5. The van der Waals surface area contributed by atoms with Crippen molar-refractivity contribution >= 4 is 62.8 Å². The molecular formula is C46H37NS2. The van der Waals surface area contributed by atoms with E-state index in [0.717, 1.165) is 18.5 Å². The van der Waals surface area contributed by atoms with Crippen molar-refractivity contribution < 1.29 is 0 Å². The second-order valence-corrected chi connectivity index (χ2v) is 16.8. The molecule has 0 bridgehead atoms. The van der Waals surface area contributed by atoms with Gasteiger partial charge in [0.2, 0.25) is 0 Å². The number of nitrogens with one attached hydrogen (secondary N) is 1. The van der Waals surface area contributed by atoms with E-state index in [1.165, 1.54) is 75.5 Å². The molecule has 238 valence electrons. The summed E-state index contributed by atoms with van der Waals surface area (Å²) in [4.78, 5) is 3.11. The van der Waals surface area contributed by atoms with Crippen molar-refractivity contribution in [2.24, 2.45) is 0 Å². The highest BCUT2D eigenvalue weighted by atomic mass is 32.1. The van der Waals surface area contributed by atoms with Gasteiger partial charge in [0, 0.05) is 58.4 Å². The lowest BCUT2D eigenvalue weighted by molar-refractivity contribution is 0.660. The average Bonchev–Trinajstić information content (AvgIpc) is 3.74. The molecule has 2 aromatic heterocycles. The van der Waals surface area contributed by atoms with Gasteiger partial charge in [0.25, 0.3) is 0 Å². The third-order valence-electron chi connectivity index (χ3n) is 11.3. The van der Waals surface area contributed by atoms with Crippen molar-refractivity contribution in [3.8, 4) is 22.3 Å². The van der Waals surface area contributed by atoms with Crippen LogP contribution in [0.5, 0.6) is 0 Å². The van der Waals surface area contributed by atoms with Crippen molar-refractivity contribution in [2.75, 3.05) is 5.32 Å². The lowest BCUT2D eigenvalue weighted by atomic mass is 9.81. The number of thiophene rings is 2. The first kappa shape index (κ1) is 29.2. The fraction of sp³-hybridized carbons (Fsp3) is 0.174. The summed E-state index contributed by atoms with van der Waals surface area (Å²) < 4.78 is 2.65. The van der Waals surface area contributed by atoms with Crippen LogP contribution in [0.4, 0.5) is 5.69 Å². The van der Waals surface area contributed by atoms with Crippen molar-refractivity contribution in [3.05, 3.63) is 156 Å². The van der Waals surface area contributed by atoms with Crippen LogP contribution in [-0.2, 0) is 11.8 Å². The minimum absolute atomic E-state index is 0.0751. The monoisotopic (exact) mass is 667 g/mol. The maximum Gasteiger partial charge on any atom is 0.0459 e. The molecule has 0 saturated heterocycles. The number of hydrogen-bond donors (Lipinski definition) is 1. The van der Waals surface area contributed by atoms with Gasteiger partial charge < -0.3 is 5.32 Å². The van der Waals surface area contributed by atoms with E-state index >= 15 is 0 Å². The Labute approximate surface area is 296 Å². The molecule has 0 fully saturated rings. The van der Waals surface area contributed by atoms with Crippen LogP contribution >= 0.6 is 22.7 Å². The molecule has 3 heterocycles. The normalized spacial score (nSPS) is 21.2. The maximum absolute atomic E-state index is 3.63. The topological polar surface area (TPSA) is 12.0 Å². The van der Waals surface area contributed by atoms with Crippen molar-refractivity contribution in [1.29, 1.82) is 0 Å². The average molecular weight is 668 g/mol. The van der Waals surface area contributed by atoms with E-state index < -0.39 is 0 Å². The Morgan fingerprint density at radius 1 is 0.796 bits per heavy atom. The van der Waals surface area contributed by atoms with Gasteiger partial charge in [-0.25, -0.2) is 0 Å². The molecule has 2 atom stereocenters. The number of anilines is 1. The SMILES string of the molecule is CC1CC=Cc2c1sc1c2C=CC(c2cccc3sc4/c(c23)=C\c2cc3c(cc2-c2ccccc2N/C=C/C=4)-c2ccccc2C3(C)C)C1. The summed E-state index contributed by atoms with van der Waals surface area (Å²) in [5.74, 6) is 0.948. The highest BCUT2D eigenvalue weighted by Crippen LogP contribution is 2.51. The molecule has 0 radical (unpaired) electrons. The summed E-state index contributed by atoms with van der Waals surface area (Å²) in [5.41, 5.74) is 14.7. The molecule has 0 saturated carbocycles. The highest BCUT2D eigenvalue weighted by Gasteiger charge is 2.36. The minimum Gasteiger partial charge on any atom is -0.361 e. The molecule has 0 spiro atoms. The van der Waals surface area contributed by atoms with E-state index in [0.29, 0.717) is 11.8 Å². The minimum atomic E-state index is -0.0751. The van der Waals surface area contributed by atoms with Crippen molar-refractivity contribution in [3.63, 3.8) is 0 Å². The van der Waals surface area contributed by atoms with Gasteiger partial charge in [-0.05, 0) is 111 Å². The van der Waals surface area contributed by atoms with E-state index in [9.17, 15) is 0 Å². The van der Waals surface area contributed by atoms with Crippen LogP contribution in [0, 0.1) is 0 Å². The van der Waals surface area contributed by atoms with Crippen LogP contribution in [0.25, 0.3) is 56.6 Å². The van der Waals surface area contributed by atoms with Gasteiger partial charge in [0.15, 0.2) is 0 Å². The molecule has 4 aromatic carbocycles. The van der Waals surface area contributed by atoms with Crippen LogP contribution in [-0.4, -0.2) is 0 Å². The molecule has 3 aliphatic carbocycles. The summed E-state index contributed by atoms with van der Waals surface area (Å²) in [6.45, 7) is 7.15. The van der Waals surface area contributed by atoms with E-state index in [4.69, 9.17) is 0 Å². The Morgan fingerprint density at radius 3 is 2.57 bits per heavy atom. The quantitative estimate of drug-likeness (QED) is 0.184. The van der Waals surface area contributed by atoms with Gasteiger partial charge in [-0.2, -0.15) is 0 Å². The predicted molar refractivity (Wildman–Crippen MR) is 213 cm³/mol. The van der Waals surface area contributed by atoms with Crippen molar-refractivity contribution in [2.45, 2.75) is 50.9 Å². The second kappa shape index (κ2) is 10.9. The van der Waals surface area contributed by atoms with Crippen LogP contribution in [0.2, 0.25) is 0 Å². The summed E-state index contributed by atoms with van der Waals surface area (Å²) in [7, 11) is 0. The van der Waals surface area contributed by atoms with Crippen LogP contribution in [0.15, 0.2) is 103 Å². The second-order valence-electron chi connectivity index (χ2n) is 14.5. The highest BCUT2D eigenvalue weighted by molar-refractivity contribution is 7.17. The molecule has 10 rings (SSSR count). The molecule has 1 aliphatic heterocycles. The summed E-state index contributed by atoms with van der Waals surface area (Å²) in [6.07, 6.45) is 20.9. The van der Waals surface area contributed by atoms with Gasteiger partial charge >= 0.3 is 0 Å². The smallest absolute Gasteiger partial charge is 0.0459 e. The zero-order chi connectivity index (χ0) is 32.9. The Kier molecular flexibility index (Phi) is 6.50. The van der Waals surface area contributed by atoms with Gasteiger partial charge in [-0.1, -0.05) is 99.7 Å². The molecule has 2 unspecified atom stereocenters. The summed E-state index contributed by atoms with van der Waals surface area (Å²) >= 11 is 3.96. The number of fused-ring (bicyclic) bond motifs is 12. The summed E-state index contributed by atoms with van der Waals surface area (Å²) in [5, 5.41) is 6.36. The zero-order valence-electron chi connectivity index (χ0n) is 28.0. The Bertz CT molecular complexity index is 2580. The van der Waals surface area contributed by atoms with E-state index in [1.807, 2.05) is 11.3 Å². The number of rotatable bonds is 1. The Morgan fingerprint density at radius 2 is 1.65 bits per heavy atom. The van der Waals surface area contributed by atoms with Crippen LogP contribution < -0.4 is 15.1 Å². The predicted octanol–water partition coefficient (Wildman–Crippen LogP) is 11.4. The molecule has 6 aromatic rings. The van der Waals surface area contributed by atoms with Crippen molar-refractivity contribution in [1.82, 2.24) is 0 Å². The lowest BCUT2D eigenvalue weighted by Crippen LogP contribution is -2.20. The fourth-order valence-electron chi connectivity index (χ4n) is 8.77. The first-order chi connectivity index (χ1) is 24.0. The Hall–Kier alpha value is -4.70. The molecule has 49 heavy (non-hydrogen) atoms. The third kappa shape index (κ3) is 4.42. The van der Waals surface area contributed by atoms with E-state index in [-0.39, 0.29) is 5.41 Å². The van der Waals surface area contributed by atoms with E-state index in [1.54, 1.807) is 9.75 Å². The maximum atomic E-state index is 3.63. The number of para-hydroxylation sites is 1. The molecule has 4 aliphatic rings. The van der Waals surface area contributed by atoms with Crippen LogP contribution in [0.3, 0.4) is 0 Å². The largest absolute Gasteiger partial charge is 0.361 e. The molecule has 1 nitrogen and oxygen atoms in total. The number of benzene rings is 4.